The topological polar surface area (TPSA) is 76.1 Å². The summed E-state index contributed by atoms with van der Waals surface area (Å²) in [5.74, 6) is 1.53. The van der Waals surface area contributed by atoms with E-state index in [-0.39, 0.29) is 6.10 Å². The van der Waals surface area contributed by atoms with Crippen molar-refractivity contribution in [1.82, 2.24) is 19.9 Å². The standard InChI is InChI=1S/C19H22N6OS/c1-12-9-13(2)21-18(20-12)25-7-8-26-16(10-25)15-5-4-6-17(23-15)24-19-22-14(3)11-27-19/h4-6,9,11,16H,7-8,10H2,1-3H3,(H,22,23,24). The van der Waals surface area contributed by atoms with Crippen molar-refractivity contribution in [2.24, 2.45) is 0 Å². The summed E-state index contributed by atoms with van der Waals surface area (Å²) in [7, 11) is 0. The van der Waals surface area contributed by atoms with Gasteiger partial charge < -0.3 is 15.0 Å². The Kier molecular flexibility index (Phi) is 5.00. The van der Waals surface area contributed by atoms with E-state index in [4.69, 9.17) is 9.72 Å². The quantitative estimate of drug-likeness (QED) is 0.739. The van der Waals surface area contributed by atoms with E-state index in [2.05, 4.69) is 25.2 Å². The van der Waals surface area contributed by atoms with Gasteiger partial charge in [-0.2, -0.15) is 0 Å². The largest absolute Gasteiger partial charge is 0.368 e. The van der Waals surface area contributed by atoms with Gasteiger partial charge in [0.1, 0.15) is 11.9 Å². The Bertz CT molecular complexity index is 923. The molecule has 0 bridgehead atoms. The van der Waals surface area contributed by atoms with Gasteiger partial charge in [0.25, 0.3) is 0 Å². The van der Waals surface area contributed by atoms with Crippen LogP contribution in [0.25, 0.3) is 0 Å². The number of pyridine rings is 1. The van der Waals surface area contributed by atoms with Crippen molar-refractivity contribution in [3.05, 3.63) is 52.4 Å². The minimum atomic E-state index is -0.122. The number of rotatable bonds is 4. The molecule has 4 rings (SSSR count). The lowest BCUT2D eigenvalue weighted by Crippen LogP contribution is -2.39. The zero-order valence-electron chi connectivity index (χ0n) is 15.6. The van der Waals surface area contributed by atoms with E-state index in [1.165, 1.54) is 0 Å². The normalized spacial score (nSPS) is 17.1. The summed E-state index contributed by atoms with van der Waals surface area (Å²) in [5.41, 5.74) is 3.84. The Morgan fingerprint density at radius 2 is 1.89 bits per heavy atom. The van der Waals surface area contributed by atoms with Gasteiger partial charge in [-0.1, -0.05) is 6.07 Å². The smallest absolute Gasteiger partial charge is 0.225 e. The predicted molar refractivity (Wildman–Crippen MR) is 107 cm³/mol. The van der Waals surface area contributed by atoms with Crippen LogP contribution in [0.4, 0.5) is 16.9 Å². The molecule has 1 aliphatic heterocycles. The molecule has 1 aliphatic rings. The van der Waals surface area contributed by atoms with Crippen molar-refractivity contribution < 1.29 is 4.74 Å². The van der Waals surface area contributed by atoms with Gasteiger partial charge in [0.05, 0.1) is 24.5 Å². The first-order chi connectivity index (χ1) is 13.1. The second kappa shape index (κ2) is 7.58. The molecule has 1 saturated heterocycles. The summed E-state index contributed by atoms with van der Waals surface area (Å²) in [6.07, 6.45) is -0.122. The summed E-state index contributed by atoms with van der Waals surface area (Å²) in [4.78, 5) is 20.5. The van der Waals surface area contributed by atoms with Crippen LogP contribution in [0.15, 0.2) is 29.6 Å². The van der Waals surface area contributed by atoms with E-state index in [1.807, 2.05) is 50.4 Å². The summed E-state index contributed by atoms with van der Waals surface area (Å²) in [6, 6.07) is 7.90. The molecule has 27 heavy (non-hydrogen) atoms. The van der Waals surface area contributed by atoms with Crippen LogP contribution in [0.1, 0.15) is 28.9 Å². The van der Waals surface area contributed by atoms with Gasteiger partial charge in [0, 0.05) is 23.3 Å². The summed E-state index contributed by atoms with van der Waals surface area (Å²) < 4.78 is 5.99. The molecule has 140 valence electrons. The molecule has 4 heterocycles. The average Bonchev–Trinajstić information content (AvgIpc) is 3.06. The van der Waals surface area contributed by atoms with E-state index < -0.39 is 0 Å². The van der Waals surface area contributed by atoms with E-state index in [9.17, 15) is 0 Å². The highest BCUT2D eigenvalue weighted by molar-refractivity contribution is 7.13. The molecular formula is C19H22N6OS. The number of thiazole rings is 1. The van der Waals surface area contributed by atoms with Crippen LogP contribution in [-0.2, 0) is 4.74 Å². The molecule has 1 fully saturated rings. The Hall–Kier alpha value is -2.58. The zero-order chi connectivity index (χ0) is 18.8. The molecule has 0 saturated carbocycles. The number of nitrogens with one attached hydrogen (secondary N) is 1. The van der Waals surface area contributed by atoms with E-state index in [0.717, 1.165) is 46.2 Å². The summed E-state index contributed by atoms with van der Waals surface area (Å²) >= 11 is 1.57. The number of aromatic nitrogens is 4. The fourth-order valence-electron chi connectivity index (χ4n) is 3.08. The fourth-order valence-corrected chi connectivity index (χ4v) is 3.78. The highest BCUT2D eigenvalue weighted by atomic mass is 32.1. The molecule has 1 unspecified atom stereocenters. The number of anilines is 3. The lowest BCUT2D eigenvalue weighted by atomic mass is 10.2. The fraction of sp³-hybridized carbons (Fsp3) is 0.368. The van der Waals surface area contributed by atoms with Crippen molar-refractivity contribution in [2.45, 2.75) is 26.9 Å². The van der Waals surface area contributed by atoms with Gasteiger partial charge in [0.15, 0.2) is 5.13 Å². The first-order valence-electron chi connectivity index (χ1n) is 8.92. The van der Waals surface area contributed by atoms with E-state index in [1.54, 1.807) is 11.3 Å². The van der Waals surface area contributed by atoms with Gasteiger partial charge in [-0.05, 0) is 39.0 Å². The Morgan fingerprint density at radius 1 is 1.07 bits per heavy atom. The van der Waals surface area contributed by atoms with Crippen LogP contribution in [0, 0.1) is 20.8 Å². The van der Waals surface area contributed by atoms with Crippen LogP contribution in [-0.4, -0.2) is 39.6 Å². The number of morpholine rings is 1. The highest BCUT2D eigenvalue weighted by Gasteiger charge is 2.25. The van der Waals surface area contributed by atoms with Gasteiger partial charge >= 0.3 is 0 Å². The molecular weight excluding hydrogens is 360 g/mol. The molecule has 0 spiro atoms. The minimum Gasteiger partial charge on any atom is -0.368 e. The van der Waals surface area contributed by atoms with E-state index >= 15 is 0 Å². The van der Waals surface area contributed by atoms with Gasteiger partial charge in [-0.3, -0.25) is 0 Å². The van der Waals surface area contributed by atoms with Crippen molar-refractivity contribution in [3.8, 4) is 0 Å². The maximum atomic E-state index is 5.99. The zero-order valence-corrected chi connectivity index (χ0v) is 16.5. The average molecular weight is 382 g/mol. The first-order valence-corrected chi connectivity index (χ1v) is 9.80. The maximum absolute atomic E-state index is 5.99. The van der Waals surface area contributed by atoms with Crippen LogP contribution < -0.4 is 10.2 Å². The Balaban J connectivity index is 1.51. The molecule has 0 amide bonds. The molecule has 7 nitrogen and oxygen atoms in total. The maximum Gasteiger partial charge on any atom is 0.225 e. The van der Waals surface area contributed by atoms with Crippen molar-refractivity contribution in [1.29, 1.82) is 0 Å². The third-order valence-electron chi connectivity index (χ3n) is 4.27. The monoisotopic (exact) mass is 382 g/mol. The van der Waals surface area contributed by atoms with Crippen molar-refractivity contribution in [3.63, 3.8) is 0 Å². The molecule has 3 aromatic heterocycles. The third kappa shape index (κ3) is 4.23. The first kappa shape index (κ1) is 17.8. The van der Waals surface area contributed by atoms with Crippen LogP contribution in [0.2, 0.25) is 0 Å². The molecule has 0 aromatic carbocycles. The molecule has 1 N–H and O–H groups in total. The molecule has 3 aromatic rings. The number of nitrogens with zero attached hydrogens (tertiary/aromatic N) is 5. The van der Waals surface area contributed by atoms with Crippen LogP contribution in [0.5, 0.6) is 0 Å². The van der Waals surface area contributed by atoms with Crippen molar-refractivity contribution in [2.75, 3.05) is 29.9 Å². The van der Waals surface area contributed by atoms with Crippen molar-refractivity contribution >= 4 is 28.2 Å². The van der Waals surface area contributed by atoms with Gasteiger partial charge in [-0.25, -0.2) is 19.9 Å². The number of hydrogen-bond donors (Lipinski definition) is 1. The SMILES string of the molecule is Cc1cc(C)nc(N2CCOC(c3cccc(Nc4nc(C)cs4)n3)C2)n1. The second-order valence-electron chi connectivity index (χ2n) is 6.62. The minimum absolute atomic E-state index is 0.122. The highest BCUT2D eigenvalue weighted by Crippen LogP contribution is 2.26. The van der Waals surface area contributed by atoms with Gasteiger partial charge in [0.2, 0.25) is 5.95 Å². The predicted octanol–water partition coefficient (Wildman–Crippen LogP) is 3.57. The number of aryl methyl sites for hydroxylation is 3. The summed E-state index contributed by atoms with van der Waals surface area (Å²) in [6.45, 7) is 8.03. The Morgan fingerprint density at radius 3 is 2.63 bits per heavy atom. The van der Waals surface area contributed by atoms with E-state index in [0.29, 0.717) is 13.2 Å². The van der Waals surface area contributed by atoms with Gasteiger partial charge in [-0.15, -0.1) is 11.3 Å². The lowest BCUT2D eigenvalue weighted by Gasteiger charge is -2.33. The molecule has 8 heteroatoms. The molecule has 0 aliphatic carbocycles. The van der Waals surface area contributed by atoms with Crippen LogP contribution in [0.3, 0.4) is 0 Å². The summed E-state index contributed by atoms with van der Waals surface area (Å²) in [5, 5.41) is 6.12. The third-order valence-corrected chi connectivity index (χ3v) is 5.15. The van der Waals surface area contributed by atoms with Crippen LogP contribution >= 0.6 is 11.3 Å². The second-order valence-corrected chi connectivity index (χ2v) is 7.48. The molecule has 0 radical (unpaired) electrons. The number of hydrogen-bond acceptors (Lipinski definition) is 8. The lowest BCUT2D eigenvalue weighted by molar-refractivity contribution is 0.0365. The number of ether oxygens (including phenoxy) is 1. The molecule has 1 atom stereocenters. The Labute approximate surface area is 162 Å².